The maximum Gasteiger partial charge on any atom is 0.108 e. The molecule has 0 amide bonds. The number of aliphatic hydroxyl groups excluding tert-OH is 1. The summed E-state index contributed by atoms with van der Waals surface area (Å²) in [7, 11) is 0. The highest BCUT2D eigenvalue weighted by molar-refractivity contribution is 4.96. The largest absolute Gasteiger partial charge is 0.394 e. The summed E-state index contributed by atoms with van der Waals surface area (Å²) in [6.45, 7) is 9.15. The minimum Gasteiger partial charge on any atom is -0.394 e. The van der Waals surface area contributed by atoms with Gasteiger partial charge in [0.15, 0.2) is 0 Å². The molecule has 4 nitrogen and oxygen atoms in total. The summed E-state index contributed by atoms with van der Waals surface area (Å²) in [5.41, 5.74) is -0.293. The van der Waals surface area contributed by atoms with Crippen molar-refractivity contribution in [1.29, 1.82) is 0 Å². The van der Waals surface area contributed by atoms with Crippen molar-refractivity contribution >= 4 is 0 Å². The first kappa shape index (κ1) is 13.2. The van der Waals surface area contributed by atoms with E-state index in [4.69, 9.17) is 0 Å². The third-order valence-corrected chi connectivity index (χ3v) is 2.62. The third kappa shape index (κ3) is 3.32. The molecular weight excluding hydrogens is 202 g/mol. The fraction of sp³-hybridized carbons (Fsp3) is 0.750. The molecule has 1 atom stereocenters. The smallest absolute Gasteiger partial charge is 0.108 e. The number of hydrogen-bond donors (Lipinski definition) is 2. The van der Waals surface area contributed by atoms with Crippen molar-refractivity contribution in [1.82, 2.24) is 14.9 Å². The molecule has 0 aliphatic carbocycles. The van der Waals surface area contributed by atoms with Gasteiger partial charge in [-0.3, -0.25) is 0 Å². The van der Waals surface area contributed by atoms with Crippen LogP contribution in [0.4, 0.5) is 0 Å². The van der Waals surface area contributed by atoms with Crippen molar-refractivity contribution < 1.29 is 5.11 Å². The SMILES string of the molecule is CCc1nccn1CC(C)(CO)NC(C)C. The first-order valence-corrected chi connectivity index (χ1v) is 5.89. The number of imidazole rings is 1. The average Bonchev–Trinajstić information content (AvgIpc) is 2.63. The van der Waals surface area contributed by atoms with E-state index in [0.717, 1.165) is 18.8 Å². The van der Waals surface area contributed by atoms with E-state index in [1.54, 1.807) is 0 Å². The normalized spacial score (nSPS) is 15.4. The summed E-state index contributed by atoms with van der Waals surface area (Å²) in [6, 6.07) is 0.353. The number of nitrogens with zero attached hydrogens (tertiary/aromatic N) is 2. The van der Waals surface area contributed by atoms with Gasteiger partial charge in [-0.05, 0) is 6.92 Å². The molecule has 1 rings (SSSR count). The molecule has 0 saturated heterocycles. The van der Waals surface area contributed by atoms with Gasteiger partial charge in [-0.1, -0.05) is 20.8 Å². The Morgan fingerprint density at radius 1 is 1.56 bits per heavy atom. The van der Waals surface area contributed by atoms with Gasteiger partial charge in [-0.2, -0.15) is 0 Å². The van der Waals surface area contributed by atoms with Gasteiger partial charge in [0.1, 0.15) is 5.82 Å². The fourth-order valence-electron chi connectivity index (χ4n) is 2.01. The summed E-state index contributed by atoms with van der Waals surface area (Å²) < 4.78 is 2.10. The number of aliphatic hydroxyl groups is 1. The molecule has 0 spiro atoms. The first-order chi connectivity index (χ1) is 7.50. The summed E-state index contributed by atoms with van der Waals surface area (Å²) in [4.78, 5) is 4.29. The van der Waals surface area contributed by atoms with Crippen molar-refractivity contribution in [2.24, 2.45) is 0 Å². The van der Waals surface area contributed by atoms with Gasteiger partial charge in [0.2, 0.25) is 0 Å². The fourth-order valence-corrected chi connectivity index (χ4v) is 2.01. The molecule has 0 bridgehead atoms. The van der Waals surface area contributed by atoms with E-state index in [1.807, 2.05) is 19.3 Å². The van der Waals surface area contributed by atoms with Crippen LogP contribution in [0.2, 0.25) is 0 Å². The predicted molar refractivity (Wildman–Crippen MR) is 65.4 cm³/mol. The lowest BCUT2D eigenvalue weighted by molar-refractivity contribution is 0.147. The minimum absolute atomic E-state index is 0.118. The summed E-state index contributed by atoms with van der Waals surface area (Å²) in [5.74, 6) is 1.06. The maximum absolute atomic E-state index is 9.50. The minimum atomic E-state index is -0.293. The van der Waals surface area contributed by atoms with Crippen LogP contribution < -0.4 is 5.32 Å². The van der Waals surface area contributed by atoms with Crippen molar-refractivity contribution in [2.45, 2.75) is 52.2 Å². The van der Waals surface area contributed by atoms with E-state index in [2.05, 4.69) is 35.6 Å². The standard InChI is InChI=1S/C12H23N3O/c1-5-11-13-6-7-15(11)8-12(4,9-16)14-10(2)3/h6-7,10,14,16H,5,8-9H2,1-4H3. The number of nitrogens with one attached hydrogen (secondary N) is 1. The van der Waals surface area contributed by atoms with Crippen molar-refractivity contribution in [2.75, 3.05) is 6.61 Å². The Hall–Kier alpha value is -0.870. The highest BCUT2D eigenvalue weighted by atomic mass is 16.3. The summed E-state index contributed by atoms with van der Waals surface area (Å²) in [6.07, 6.45) is 4.69. The number of aryl methyl sites for hydroxylation is 1. The zero-order valence-corrected chi connectivity index (χ0v) is 10.7. The van der Waals surface area contributed by atoms with Gasteiger partial charge in [0, 0.05) is 31.4 Å². The van der Waals surface area contributed by atoms with Gasteiger partial charge in [0.05, 0.1) is 12.1 Å². The molecule has 0 fully saturated rings. The second kappa shape index (κ2) is 5.46. The Balaban J connectivity index is 2.76. The lowest BCUT2D eigenvalue weighted by Crippen LogP contribution is -2.52. The van der Waals surface area contributed by atoms with Crippen molar-refractivity contribution in [3.05, 3.63) is 18.2 Å². The average molecular weight is 225 g/mol. The van der Waals surface area contributed by atoms with Crippen LogP contribution in [-0.4, -0.2) is 32.8 Å². The molecule has 4 heteroatoms. The number of aromatic nitrogens is 2. The van der Waals surface area contributed by atoms with E-state index in [-0.39, 0.29) is 12.1 Å². The molecule has 2 N–H and O–H groups in total. The number of hydrogen-bond acceptors (Lipinski definition) is 3. The Morgan fingerprint density at radius 2 is 2.25 bits per heavy atom. The van der Waals surface area contributed by atoms with Gasteiger partial charge in [-0.25, -0.2) is 4.98 Å². The molecule has 16 heavy (non-hydrogen) atoms. The maximum atomic E-state index is 9.50. The highest BCUT2D eigenvalue weighted by Gasteiger charge is 2.25. The van der Waals surface area contributed by atoms with Crippen molar-refractivity contribution in [3.8, 4) is 0 Å². The Kier molecular flexibility index (Phi) is 4.50. The van der Waals surface area contributed by atoms with Crippen LogP contribution in [0, 0.1) is 0 Å². The van der Waals surface area contributed by atoms with Crippen LogP contribution >= 0.6 is 0 Å². The van der Waals surface area contributed by atoms with Crippen LogP contribution in [-0.2, 0) is 13.0 Å². The lowest BCUT2D eigenvalue weighted by atomic mass is 10.0. The third-order valence-electron chi connectivity index (χ3n) is 2.62. The molecule has 92 valence electrons. The zero-order chi connectivity index (χ0) is 12.2. The lowest BCUT2D eigenvalue weighted by Gasteiger charge is -2.32. The van der Waals surface area contributed by atoms with Gasteiger partial charge in [-0.15, -0.1) is 0 Å². The van der Waals surface area contributed by atoms with E-state index in [0.29, 0.717) is 6.04 Å². The van der Waals surface area contributed by atoms with Crippen LogP contribution in [0.3, 0.4) is 0 Å². The molecule has 0 aromatic carbocycles. The predicted octanol–water partition coefficient (Wildman–Crippen LogP) is 1.19. The molecule has 1 aromatic heterocycles. The van der Waals surface area contributed by atoms with Gasteiger partial charge < -0.3 is 15.0 Å². The molecule has 1 unspecified atom stereocenters. The summed E-state index contributed by atoms with van der Waals surface area (Å²) >= 11 is 0. The van der Waals surface area contributed by atoms with Crippen LogP contribution in [0.5, 0.6) is 0 Å². The van der Waals surface area contributed by atoms with Gasteiger partial charge >= 0.3 is 0 Å². The highest BCUT2D eigenvalue weighted by Crippen LogP contribution is 2.10. The van der Waals surface area contributed by atoms with E-state index in [9.17, 15) is 5.11 Å². The van der Waals surface area contributed by atoms with Crippen LogP contribution in [0.1, 0.15) is 33.5 Å². The Morgan fingerprint density at radius 3 is 2.75 bits per heavy atom. The van der Waals surface area contributed by atoms with E-state index < -0.39 is 0 Å². The van der Waals surface area contributed by atoms with Gasteiger partial charge in [0.25, 0.3) is 0 Å². The van der Waals surface area contributed by atoms with Crippen LogP contribution in [0.25, 0.3) is 0 Å². The molecular formula is C12H23N3O. The summed E-state index contributed by atoms with van der Waals surface area (Å²) in [5, 5.41) is 12.9. The van der Waals surface area contributed by atoms with Crippen LogP contribution in [0.15, 0.2) is 12.4 Å². The molecule has 0 saturated carbocycles. The Bertz CT molecular complexity index is 322. The first-order valence-electron chi connectivity index (χ1n) is 5.89. The van der Waals surface area contributed by atoms with Crippen molar-refractivity contribution in [3.63, 3.8) is 0 Å². The quantitative estimate of drug-likeness (QED) is 0.764. The molecule has 0 aliphatic heterocycles. The van der Waals surface area contributed by atoms with E-state index in [1.165, 1.54) is 0 Å². The second-order valence-electron chi connectivity index (χ2n) is 4.84. The molecule has 1 heterocycles. The van der Waals surface area contributed by atoms with E-state index >= 15 is 0 Å². The second-order valence-corrected chi connectivity index (χ2v) is 4.84. The molecule has 0 radical (unpaired) electrons. The molecule has 0 aliphatic rings. The topological polar surface area (TPSA) is 50.1 Å². The number of rotatable bonds is 6. The monoisotopic (exact) mass is 225 g/mol. The Labute approximate surface area is 97.7 Å². The zero-order valence-electron chi connectivity index (χ0n) is 10.7. The molecule has 1 aromatic rings.